The van der Waals surface area contributed by atoms with Crippen molar-refractivity contribution < 1.29 is 0 Å². The van der Waals surface area contributed by atoms with Gasteiger partial charge in [-0.25, -0.2) is 4.98 Å². The zero-order valence-electron chi connectivity index (χ0n) is 13.8. The molecule has 3 rings (SSSR count). The van der Waals surface area contributed by atoms with E-state index in [2.05, 4.69) is 26.2 Å². The Morgan fingerprint density at radius 2 is 1.90 bits per heavy atom. The topological polar surface area (TPSA) is 24.9 Å². The van der Waals surface area contributed by atoms with E-state index >= 15 is 0 Å². The number of rotatable bonds is 4. The number of hydrogen-bond acceptors (Lipinski definition) is 3. The first kappa shape index (κ1) is 15.5. The maximum atomic E-state index is 4.75. The van der Waals surface area contributed by atoms with Crippen molar-refractivity contribution >= 4 is 11.3 Å². The lowest BCUT2D eigenvalue weighted by atomic mass is 9.66. The van der Waals surface area contributed by atoms with Gasteiger partial charge >= 0.3 is 0 Å². The molecular weight excluding hydrogens is 276 g/mol. The number of thiazole rings is 1. The number of hydrogen-bond donors (Lipinski definition) is 1. The fraction of sp³-hybridized carbons (Fsp3) is 0.833. The molecule has 1 N–H and O–H groups in total. The van der Waals surface area contributed by atoms with Crippen molar-refractivity contribution in [3.05, 3.63) is 15.6 Å². The molecule has 0 spiro atoms. The molecule has 0 saturated heterocycles. The molecule has 0 bridgehead atoms. The Morgan fingerprint density at radius 1 is 1.14 bits per heavy atom. The highest BCUT2D eigenvalue weighted by atomic mass is 32.1. The first-order chi connectivity index (χ1) is 10.2. The third kappa shape index (κ3) is 3.50. The second-order valence-corrected chi connectivity index (χ2v) is 8.51. The molecule has 2 fully saturated rings. The molecule has 2 saturated carbocycles. The van der Waals surface area contributed by atoms with Crippen LogP contribution in [-0.4, -0.2) is 18.1 Å². The monoisotopic (exact) mass is 306 g/mol. The molecule has 1 aromatic rings. The van der Waals surface area contributed by atoms with Gasteiger partial charge in [-0.3, -0.25) is 0 Å². The number of fused-ring (bicyclic) bond motifs is 1. The summed E-state index contributed by atoms with van der Waals surface area (Å²) in [5.41, 5.74) is 1.22. The fourth-order valence-corrected chi connectivity index (χ4v) is 5.59. The van der Waals surface area contributed by atoms with E-state index in [1.807, 2.05) is 11.3 Å². The van der Waals surface area contributed by atoms with Crippen LogP contribution in [0.3, 0.4) is 0 Å². The van der Waals surface area contributed by atoms with Crippen LogP contribution in [0.15, 0.2) is 0 Å². The lowest BCUT2D eigenvalue weighted by Crippen LogP contribution is -2.40. The molecule has 118 valence electrons. The maximum absolute atomic E-state index is 4.75. The van der Waals surface area contributed by atoms with Gasteiger partial charge in [0.15, 0.2) is 0 Å². The summed E-state index contributed by atoms with van der Waals surface area (Å²) in [5.74, 6) is 2.93. The molecule has 1 aromatic heterocycles. The van der Waals surface area contributed by atoms with Gasteiger partial charge in [-0.1, -0.05) is 25.7 Å². The van der Waals surface area contributed by atoms with E-state index in [1.54, 1.807) is 0 Å². The first-order valence-electron chi connectivity index (χ1n) is 8.77. The SMILES string of the molecule is CNC(Cc1nc(C)c(C)s1)C1CCC2CCCCC2C1. The van der Waals surface area contributed by atoms with Gasteiger partial charge in [-0.2, -0.15) is 0 Å². The van der Waals surface area contributed by atoms with E-state index < -0.39 is 0 Å². The summed E-state index contributed by atoms with van der Waals surface area (Å²) in [6, 6.07) is 0.623. The highest BCUT2D eigenvalue weighted by molar-refractivity contribution is 7.11. The normalized spacial score (nSPS) is 30.9. The van der Waals surface area contributed by atoms with Crippen LogP contribution in [0.25, 0.3) is 0 Å². The summed E-state index contributed by atoms with van der Waals surface area (Å²) in [5, 5.41) is 4.94. The van der Waals surface area contributed by atoms with Crippen LogP contribution in [0.4, 0.5) is 0 Å². The number of likely N-dealkylation sites (N-methyl/N-ethyl adjacent to an activating group) is 1. The number of nitrogens with zero attached hydrogens (tertiary/aromatic N) is 1. The molecule has 0 radical (unpaired) electrons. The second-order valence-electron chi connectivity index (χ2n) is 7.23. The van der Waals surface area contributed by atoms with Gasteiger partial charge in [0.25, 0.3) is 0 Å². The summed E-state index contributed by atoms with van der Waals surface area (Å²) >= 11 is 1.89. The highest BCUT2D eigenvalue weighted by Gasteiger charge is 2.35. The minimum Gasteiger partial charge on any atom is -0.316 e. The molecule has 0 amide bonds. The summed E-state index contributed by atoms with van der Waals surface area (Å²) in [4.78, 5) is 6.14. The van der Waals surface area contributed by atoms with Crippen LogP contribution in [0.1, 0.15) is 60.5 Å². The smallest absolute Gasteiger partial charge is 0.0946 e. The molecule has 2 aliphatic rings. The summed E-state index contributed by atoms with van der Waals surface area (Å²) in [6.07, 6.45) is 11.4. The van der Waals surface area contributed by atoms with Crippen LogP contribution in [0.2, 0.25) is 0 Å². The number of aryl methyl sites for hydroxylation is 2. The molecule has 3 heteroatoms. The van der Waals surface area contributed by atoms with Gasteiger partial charge in [0.1, 0.15) is 0 Å². The predicted octanol–water partition coefficient (Wildman–Crippen LogP) is 4.50. The fourth-order valence-electron chi connectivity index (χ4n) is 4.59. The highest BCUT2D eigenvalue weighted by Crippen LogP contribution is 2.43. The second kappa shape index (κ2) is 6.78. The van der Waals surface area contributed by atoms with Crippen molar-refractivity contribution in [1.29, 1.82) is 0 Å². The van der Waals surface area contributed by atoms with Gasteiger partial charge in [0.05, 0.1) is 10.7 Å². The zero-order chi connectivity index (χ0) is 14.8. The first-order valence-corrected chi connectivity index (χ1v) is 9.59. The van der Waals surface area contributed by atoms with E-state index in [9.17, 15) is 0 Å². The molecule has 4 atom stereocenters. The standard InChI is InChI=1S/C18H30N2S/c1-12-13(2)21-18(20-12)11-17(19-3)16-9-8-14-6-4-5-7-15(14)10-16/h14-17,19H,4-11H2,1-3H3. The molecule has 1 heterocycles. The molecule has 4 unspecified atom stereocenters. The van der Waals surface area contributed by atoms with Crippen LogP contribution in [-0.2, 0) is 6.42 Å². The Balaban J connectivity index is 1.63. The molecule has 2 nitrogen and oxygen atoms in total. The van der Waals surface area contributed by atoms with Gasteiger partial charge in [-0.15, -0.1) is 11.3 Å². The molecule has 2 aliphatic carbocycles. The van der Waals surface area contributed by atoms with Crippen LogP contribution in [0, 0.1) is 31.6 Å². The lowest BCUT2D eigenvalue weighted by Gasteiger charge is -2.41. The van der Waals surface area contributed by atoms with Crippen molar-refractivity contribution in [2.24, 2.45) is 17.8 Å². The summed E-state index contributed by atoms with van der Waals surface area (Å²) < 4.78 is 0. The molecule has 0 aliphatic heterocycles. The van der Waals surface area contributed by atoms with Crippen LogP contribution in [0.5, 0.6) is 0 Å². The van der Waals surface area contributed by atoms with Crippen molar-refractivity contribution in [3.8, 4) is 0 Å². The molecular formula is C18H30N2S. The zero-order valence-corrected chi connectivity index (χ0v) is 14.6. The third-order valence-corrected chi connectivity index (χ3v) is 7.08. The van der Waals surface area contributed by atoms with Crippen molar-refractivity contribution in [1.82, 2.24) is 10.3 Å². The largest absolute Gasteiger partial charge is 0.316 e. The van der Waals surface area contributed by atoms with E-state index in [0.717, 1.165) is 24.2 Å². The van der Waals surface area contributed by atoms with Gasteiger partial charge in [-0.05, 0) is 57.9 Å². The van der Waals surface area contributed by atoms with Crippen molar-refractivity contribution in [2.45, 2.75) is 71.3 Å². The minimum atomic E-state index is 0.623. The Kier molecular flexibility index (Phi) is 5.00. The Bertz CT molecular complexity index is 448. The van der Waals surface area contributed by atoms with Gasteiger partial charge < -0.3 is 5.32 Å². The third-order valence-electron chi connectivity index (χ3n) is 5.99. The average Bonchev–Trinajstić information content (AvgIpc) is 2.82. The van der Waals surface area contributed by atoms with Gasteiger partial charge in [0, 0.05) is 17.3 Å². The Morgan fingerprint density at radius 3 is 2.57 bits per heavy atom. The van der Waals surface area contributed by atoms with Crippen LogP contribution < -0.4 is 5.32 Å². The minimum absolute atomic E-state index is 0.623. The number of aromatic nitrogens is 1. The number of nitrogens with one attached hydrogen (secondary N) is 1. The Labute approximate surface area is 133 Å². The predicted molar refractivity (Wildman–Crippen MR) is 90.9 cm³/mol. The van der Waals surface area contributed by atoms with E-state index in [0.29, 0.717) is 6.04 Å². The average molecular weight is 307 g/mol. The van der Waals surface area contributed by atoms with Crippen LogP contribution >= 0.6 is 11.3 Å². The summed E-state index contributed by atoms with van der Waals surface area (Å²) in [7, 11) is 2.14. The van der Waals surface area contributed by atoms with Crippen molar-refractivity contribution in [2.75, 3.05) is 7.05 Å². The summed E-state index contributed by atoms with van der Waals surface area (Å²) in [6.45, 7) is 4.33. The Hall–Kier alpha value is -0.410. The quantitative estimate of drug-likeness (QED) is 0.886. The maximum Gasteiger partial charge on any atom is 0.0946 e. The lowest BCUT2D eigenvalue weighted by molar-refractivity contribution is 0.111. The van der Waals surface area contributed by atoms with E-state index in [1.165, 1.54) is 60.5 Å². The van der Waals surface area contributed by atoms with Gasteiger partial charge in [0.2, 0.25) is 0 Å². The van der Waals surface area contributed by atoms with E-state index in [-0.39, 0.29) is 0 Å². The molecule has 0 aromatic carbocycles. The van der Waals surface area contributed by atoms with E-state index in [4.69, 9.17) is 4.98 Å². The molecule has 21 heavy (non-hydrogen) atoms. The van der Waals surface area contributed by atoms with Crippen molar-refractivity contribution in [3.63, 3.8) is 0 Å².